The average molecular weight is 236 g/mol. The van der Waals surface area contributed by atoms with E-state index in [1.54, 1.807) is 12.1 Å². The van der Waals surface area contributed by atoms with Gasteiger partial charge in [0.15, 0.2) is 0 Å². The lowest BCUT2D eigenvalue weighted by Crippen LogP contribution is -2.24. The van der Waals surface area contributed by atoms with Crippen LogP contribution in [0.4, 0.5) is 4.39 Å². The molecule has 88 valence electrons. The van der Waals surface area contributed by atoms with E-state index in [2.05, 4.69) is 24.2 Å². The maximum absolute atomic E-state index is 13.1. The molecule has 0 N–H and O–H groups in total. The second-order valence-corrected chi connectivity index (χ2v) is 4.76. The van der Waals surface area contributed by atoms with E-state index in [-0.39, 0.29) is 5.82 Å². The molecule has 0 unspecified atom stereocenters. The molecule has 2 heteroatoms. The fourth-order valence-corrected chi connectivity index (χ4v) is 2.61. The van der Waals surface area contributed by atoms with Gasteiger partial charge in [0.2, 0.25) is 6.71 Å². The molecule has 0 bridgehead atoms. The van der Waals surface area contributed by atoms with E-state index in [0.29, 0.717) is 6.71 Å². The number of aryl methyl sites for hydroxylation is 1. The molecule has 18 heavy (non-hydrogen) atoms. The van der Waals surface area contributed by atoms with Crippen molar-refractivity contribution in [3.63, 3.8) is 0 Å². The number of halogens is 1. The third-order valence-corrected chi connectivity index (χ3v) is 3.55. The van der Waals surface area contributed by atoms with Crippen molar-refractivity contribution in [2.75, 3.05) is 0 Å². The summed E-state index contributed by atoms with van der Waals surface area (Å²) in [6, 6.07) is 15.4. The Morgan fingerprint density at radius 3 is 2.72 bits per heavy atom. The smallest absolute Gasteiger partial charge is 0.201 e. The van der Waals surface area contributed by atoms with Crippen molar-refractivity contribution in [3.8, 4) is 0 Å². The highest BCUT2D eigenvalue weighted by atomic mass is 19.1. The van der Waals surface area contributed by atoms with Crippen LogP contribution in [0.15, 0.2) is 54.5 Å². The summed E-state index contributed by atoms with van der Waals surface area (Å²) in [6.07, 6.45) is 4.22. The van der Waals surface area contributed by atoms with Crippen LogP contribution in [0, 0.1) is 5.82 Å². The van der Waals surface area contributed by atoms with Crippen molar-refractivity contribution in [1.82, 2.24) is 0 Å². The third kappa shape index (κ3) is 2.24. The molecule has 1 heterocycles. The van der Waals surface area contributed by atoms with Crippen LogP contribution in [0.25, 0.3) is 6.08 Å². The Kier molecular flexibility index (Phi) is 3.01. The number of rotatable bonds is 2. The molecule has 1 aliphatic rings. The largest absolute Gasteiger partial charge is 0.207 e. The lowest BCUT2D eigenvalue weighted by molar-refractivity contribution is 0.626. The second kappa shape index (κ2) is 4.81. The van der Waals surface area contributed by atoms with Crippen LogP contribution < -0.4 is 5.46 Å². The van der Waals surface area contributed by atoms with Gasteiger partial charge in [0.25, 0.3) is 0 Å². The zero-order valence-electron chi connectivity index (χ0n) is 10.1. The highest BCUT2D eigenvalue weighted by Gasteiger charge is 2.23. The van der Waals surface area contributed by atoms with Gasteiger partial charge < -0.3 is 0 Å². The topological polar surface area (TPSA) is 0 Å². The average Bonchev–Trinajstić information content (AvgIpc) is 2.80. The fraction of sp³-hybridized carbons (Fsp3) is 0.125. The first-order valence-electron chi connectivity index (χ1n) is 6.34. The maximum atomic E-state index is 13.1. The first-order valence-corrected chi connectivity index (χ1v) is 6.34. The number of benzene rings is 2. The fourth-order valence-electron chi connectivity index (χ4n) is 2.61. The number of fused-ring (bicyclic) bond motifs is 1. The molecule has 0 saturated carbocycles. The first kappa shape index (κ1) is 11.3. The predicted molar refractivity (Wildman–Crippen MR) is 75.8 cm³/mol. The van der Waals surface area contributed by atoms with E-state index < -0.39 is 0 Å². The lowest BCUT2D eigenvalue weighted by Gasteiger charge is -2.02. The Balaban J connectivity index is 1.83. The maximum Gasteiger partial charge on any atom is 0.201 e. The Bertz CT molecular complexity index is 575. The summed E-state index contributed by atoms with van der Waals surface area (Å²) < 4.78 is 13.1. The molecule has 0 amide bonds. The zero-order chi connectivity index (χ0) is 12.4. The van der Waals surface area contributed by atoms with Crippen molar-refractivity contribution in [1.29, 1.82) is 0 Å². The van der Waals surface area contributed by atoms with Crippen LogP contribution in [-0.4, -0.2) is 6.71 Å². The second-order valence-electron chi connectivity index (χ2n) is 4.76. The Labute approximate surface area is 107 Å². The van der Waals surface area contributed by atoms with Crippen LogP contribution in [-0.2, 0) is 6.42 Å². The van der Waals surface area contributed by atoms with Crippen LogP contribution >= 0.6 is 0 Å². The monoisotopic (exact) mass is 236 g/mol. The SMILES string of the molecule is Fc1ccc2c(c1)CCB2/C=C/c1ccccc1. The minimum atomic E-state index is -0.124. The van der Waals surface area contributed by atoms with Gasteiger partial charge in [0, 0.05) is 0 Å². The summed E-state index contributed by atoms with van der Waals surface area (Å²) in [6.45, 7) is 0.431. The van der Waals surface area contributed by atoms with Crippen LogP contribution in [0.1, 0.15) is 11.1 Å². The van der Waals surface area contributed by atoms with Crippen molar-refractivity contribution >= 4 is 18.3 Å². The summed E-state index contributed by atoms with van der Waals surface area (Å²) in [5, 5.41) is 0. The normalized spacial score (nSPS) is 14.2. The van der Waals surface area contributed by atoms with E-state index in [1.165, 1.54) is 11.0 Å². The van der Waals surface area contributed by atoms with Crippen LogP contribution in [0.2, 0.25) is 6.32 Å². The van der Waals surface area contributed by atoms with Gasteiger partial charge >= 0.3 is 0 Å². The molecule has 2 aromatic carbocycles. The molecule has 0 aromatic heterocycles. The third-order valence-electron chi connectivity index (χ3n) is 3.55. The van der Waals surface area contributed by atoms with Gasteiger partial charge in [-0.05, 0) is 24.1 Å². The van der Waals surface area contributed by atoms with E-state index in [1.807, 2.05) is 24.3 Å². The van der Waals surface area contributed by atoms with Gasteiger partial charge in [-0.3, -0.25) is 0 Å². The molecule has 2 aromatic rings. The zero-order valence-corrected chi connectivity index (χ0v) is 10.1. The highest BCUT2D eigenvalue weighted by Crippen LogP contribution is 2.17. The van der Waals surface area contributed by atoms with E-state index >= 15 is 0 Å². The molecular weight excluding hydrogens is 222 g/mol. The number of hydrogen-bond donors (Lipinski definition) is 0. The Morgan fingerprint density at radius 2 is 1.89 bits per heavy atom. The molecule has 0 nitrogen and oxygen atoms in total. The van der Waals surface area contributed by atoms with Crippen molar-refractivity contribution in [3.05, 3.63) is 71.5 Å². The van der Waals surface area contributed by atoms with E-state index in [4.69, 9.17) is 0 Å². The van der Waals surface area contributed by atoms with Gasteiger partial charge in [-0.25, -0.2) is 4.39 Å². The summed E-state index contributed by atoms with van der Waals surface area (Å²) in [5.41, 5.74) is 3.66. The molecule has 0 aliphatic carbocycles. The first-order chi connectivity index (χ1) is 8.83. The standard InChI is InChI=1S/C16H14BF/c18-15-6-7-16-14(12-15)9-11-17(16)10-8-13-4-2-1-3-5-13/h1-8,10,12H,9,11H2/b10-8+. The molecule has 0 saturated heterocycles. The van der Waals surface area contributed by atoms with Crippen molar-refractivity contribution in [2.45, 2.75) is 12.7 Å². The molecule has 3 rings (SSSR count). The van der Waals surface area contributed by atoms with E-state index in [9.17, 15) is 4.39 Å². The minimum Gasteiger partial charge on any atom is -0.207 e. The van der Waals surface area contributed by atoms with E-state index in [0.717, 1.165) is 18.3 Å². The van der Waals surface area contributed by atoms with Gasteiger partial charge in [0.1, 0.15) is 5.82 Å². The summed E-state index contributed by atoms with van der Waals surface area (Å²) >= 11 is 0. The predicted octanol–water partition coefficient (Wildman–Crippen LogP) is 3.34. The molecule has 1 aliphatic heterocycles. The van der Waals surface area contributed by atoms with Gasteiger partial charge in [0.05, 0.1) is 0 Å². The summed E-state index contributed by atoms with van der Waals surface area (Å²) in [5.74, 6) is 2.11. The van der Waals surface area contributed by atoms with Crippen LogP contribution in [0.5, 0.6) is 0 Å². The minimum absolute atomic E-state index is 0.124. The summed E-state index contributed by atoms with van der Waals surface area (Å²) in [7, 11) is 0. The molecule has 0 atom stereocenters. The summed E-state index contributed by atoms with van der Waals surface area (Å²) in [4.78, 5) is 0. The van der Waals surface area contributed by atoms with Crippen LogP contribution in [0.3, 0.4) is 0 Å². The molecule has 0 fully saturated rings. The molecule has 0 spiro atoms. The quantitative estimate of drug-likeness (QED) is 0.701. The Hall–Kier alpha value is -1.83. The highest BCUT2D eigenvalue weighted by molar-refractivity contribution is 6.79. The van der Waals surface area contributed by atoms with Gasteiger partial charge in [-0.2, -0.15) is 0 Å². The lowest BCUT2D eigenvalue weighted by atomic mass is 9.45. The van der Waals surface area contributed by atoms with Crippen molar-refractivity contribution < 1.29 is 4.39 Å². The molecular formula is C16H14BF. The molecule has 0 radical (unpaired) electrons. The Morgan fingerprint density at radius 1 is 1.06 bits per heavy atom. The van der Waals surface area contributed by atoms with Crippen molar-refractivity contribution in [2.24, 2.45) is 0 Å². The van der Waals surface area contributed by atoms with Gasteiger partial charge in [-0.1, -0.05) is 59.8 Å². The number of hydrogen-bond acceptors (Lipinski definition) is 0. The van der Waals surface area contributed by atoms with Gasteiger partial charge in [-0.15, -0.1) is 5.98 Å².